The molecular weight excluding hydrogens is 306 g/mol. The minimum Gasteiger partial charge on any atom is -0.488 e. The number of nitrogen functional groups attached to an aromatic ring is 1. The van der Waals surface area contributed by atoms with Gasteiger partial charge in [-0.15, -0.1) is 0 Å². The second-order valence-corrected chi connectivity index (χ2v) is 5.71. The number of rotatable bonds is 5. The molecule has 0 fully saturated rings. The van der Waals surface area contributed by atoms with Gasteiger partial charge in [0.2, 0.25) is 0 Å². The number of nitrogens with zero attached hydrogens (tertiary/aromatic N) is 2. The zero-order valence-corrected chi connectivity index (χ0v) is 13.6. The predicted octanol–water partition coefficient (Wildman–Crippen LogP) is 4.03. The predicted molar refractivity (Wildman–Crippen MR) is 94.4 cm³/mol. The standard InChI is InChI=1S/C18H17N3OS/c1-23-18-20-15(11-17(19)21-18)14-9-5-6-10-16(14)22-12-13-7-3-2-4-8-13/h2-11H,12H2,1H3,(H2,19,20,21). The molecule has 0 spiro atoms. The molecule has 0 saturated heterocycles. The number of hydrogen-bond acceptors (Lipinski definition) is 5. The van der Waals surface area contributed by atoms with Crippen LogP contribution >= 0.6 is 11.8 Å². The fourth-order valence-corrected chi connectivity index (χ4v) is 2.60. The van der Waals surface area contributed by atoms with Crippen LogP contribution in [0.5, 0.6) is 5.75 Å². The van der Waals surface area contributed by atoms with Gasteiger partial charge in [0, 0.05) is 11.6 Å². The molecule has 3 aromatic rings. The van der Waals surface area contributed by atoms with E-state index in [1.807, 2.05) is 60.9 Å². The maximum absolute atomic E-state index is 5.98. The number of anilines is 1. The quantitative estimate of drug-likeness (QED) is 0.567. The Balaban J connectivity index is 1.90. The van der Waals surface area contributed by atoms with Crippen molar-refractivity contribution in [3.63, 3.8) is 0 Å². The third-order valence-electron chi connectivity index (χ3n) is 3.31. The lowest BCUT2D eigenvalue weighted by Crippen LogP contribution is -2.00. The van der Waals surface area contributed by atoms with Gasteiger partial charge >= 0.3 is 0 Å². The summed E-state index contributed by atoms with van der Waals surface area (Å²) in [6.07, 6.45) is 1.93. The second-order valence-electron chi connectivity index (χ2n) is 4.94. The summed E-state index contributed by atoms with van der Waals surface area (Å²) in [6.45, 7) is 0.508. The van der Waals surface area contributed by atoms with Crippen molar-refractivity contribution in [1.29, 1.82) is 0 Å². The number of ether oxygens (including phenoxy) is 1. The van der Waals surface area contributed by atoms with E-state index in [0.29, 0.717) is 17.6 Å². The lowest BCUT2D eigenvalue weighted by molar-refractivity contribution is 0.307. The molecule has 0 atom stereocenters. The number of para-hydroxylation sites is 1. The van der Waals surface area contributed by atoms with Crippen LogP contribution in [-0.4, -0.2) is 16.2 Å². The highest BCUT2D eigenvalue weighted by molar-refractivity contribution is 7.98. The smallest absolute Gasteiger partial charge is 0.189 e. The van der Waals surface area contributed by atoms with Crippen LogP contribution < -0.4 is 10.5 Å². The molecule has 0 unspecified atom stereocenters. The number of benzene rings is 2. The molecule has 0 aliphatic rings. The van der Waals surface area contributed by atoms with Crippen LogP contribution in [0.15, 0.2) is 65.8 Å². The monoisotopic (exact) mass is 323 g/mol. The van der Waals surface area contributed by atoms with Crippen LogP contribution in [0.25, 0.3) is 11.3 Å². The molecule has 0 saturated carbocycles. The second kappa shape index (κ2) is 7.15. The molecule has 23 heavy (non-hydrogen) atoms. The summed E-state index contributed by atoms with van der Waals surface area (Å²) >= 11 is 1.46. The summed E-state index contributed by atoms with van der Waals surface area (Å²) in [6, 6.07) is 19.7. The minimum atomic E-state index is 0.456. The van der Waals surface area contributed by atoms with Gasteiger partial charge in [0.05, 0.1) is 5.69 Å². The Morgan fingerprint density at radius 1 is 1.00 bits per heavy atom. The average Bonchev–Trinajstić information content (AvgIpc) is 2.60. The molecule has 0 aliphatic heterocycles. The van der Waals surface area contributed by atoms with Gasteiger partial charge in [-0.2, -0.15) is 0 Å². The molecule has 4 nitrogen and oxygen atoms in total. The van der Waals surface area contributed by atoms with E-state index in [4.69, 9.17) is 10.5 Å². The normalized spacial score (nSPS) is 10.5. The Kier molecular flexibility index (Phi) is 4.78. The molecule has 2 aromatic carbocycles. The Morgan fingerprint density at radius 2 is 1.74 bits per heavy atom. The van der Waals surface area contributed by atoms with E-state index < -0.39 is 0 Å². The van der Waals surface area contributed by atoms with Crippen molar-refractivity contribution < 1.29 is 4.74 Å². The van der Waals surface area contributed by atoms with Gasteiger partial charge in [0.25, 0.3) is 0 Å². The van der Waals surface area contributed by atoms with E-state index in [2.05, 4.69) is 9.97 Å². The van der Waals surface area contributed by atoms with Crippen LogP contribution in [0.1, 0.15) is 5.56 Å². The first kappa shape index (κ1) is 15.4. The van der Waals surface area contributed by atoms with Crippen molar-refractivity contribution in [2.24, 2.45) is 0 Å². The minimum absolute atomic E-state index is 0.456. The Hall–Kier alpha value is -2.53. The zero-order chi connectivity index (χ0) is 16.1. The number of hydrogen-bond donors (Lipinski definition) is 1. The van der Waals surface area contributed by atoms with E-state index in [1.165, 1.54) is 11.8 Å². The molecule has 5 heteroatoms. The van der Waals surface area contributed by atoms with E-state index in [-0.39, 0.29) is 0 Å². The summed E-state index contributed by atoms with van der Waals surface area (Å²) in [5, 5.41) is 0.651. The third-order valence-corrected chi connectivity index (χ3v) is 3.86. The highest BCUT2D eigenvalue weighted by Gasteiger charge is 2.10. The van der Waals surface area contributed by atoms with Crippen LogP contribution in [0, 0.1) is 0 Å². The van der Waals surface area contributed by atoms with Gasteiger partial charge < -0.3 is 10.5 Å². The van der Waals surface area contributed by atoms with Crippen molar-refractivity contribution >= 4 is 17.6 Å². The number of thioether (sulfide) groups is 1. The Labute approximate surface area is 139 Å². The first-order valence-electron chi connectivity index (χ1n) is 7.21. The summed E-state index contributed by atoms with van der Waals surface area (Å²) in [5.41, 5.74) is 8.68. The summed E-state index contributed by atoms with van der Waals surface area (Å²) in [7, 11) is 0. The average molecular weight is 323 g/mol. The van der Waals surface area contributed by atoms with E-state index >= 15 is 0 Å². The molecule has 1 aromatic heterocycles. The van der Waals surface area contributed by atoms with E-state index in [0.717, 1.165) is 22.6 Å². The summed E-state index contributed by atoms with van der Waals surface area (Å²) in [5.74, 6) is 1.23. The van der Waals surface area contributed by atoms with Gasteiger partial charge in [-0.05, 0) is 24.0 Å². The fraction of sp³-hybridized carbons (Fsp3) is 0.111. The lowest BCUT2D eigenvalue weighted by Gasteiger charge is -2.12. The molecule has 2 N–H and O–H groups in total. The van der Waals surface area contributed by atoms with Crippen LogP contribution in [0.2, 0.25) is 0 Å². The maximum atomic E-state index is 5.98. The maximum Gasteiger partial charge on any atom is 0.189 e. The molecule has 0 aliphatic carbocycles. The van der Waals surface area contributed by atoms with Crippen LogP contribution in [0.4, 0.5) is 5.82 Å². The van der Waals surface area contributed by atoms with Crippen LogP contribution in [0.3, 0.4) is 0 Å². The summed E-state index contributed by atoms with van der Waals surface area (Å²) < 4.78 is 5.98. The van der Waals surface area contributed by atoms with Crippen molar-refractivity contribution in [3.8, 4) is 17.0 Å². The highest BCUT2D eigenvalue weighted by Crippen LogP contribution is 2.30. The van der Waals surface area contributed by atoms with E-state index in [9.17, 15) is 0 Å². The molecule has 3 rings (SSSR count). The van der Waals surface area contributed by atoms with Gasteiger partial charge in [0.1, 0.15) is 18.2 Å². The van der Waals surface area contributed by atoms with Crippen molar-refractivity contribution in [2.45, 2.75) is 11.8 Å². The topological polar surface area (TPSA) is 61.0 Å². The van der Waals surface area contributed by atoms with Crippen LogP contribution in [-0.2, 0) is 6.61 Å². The first-order valence-corrected chi connectivity index (χ1v) is 8.43. The van der Waals surface area contributed by atoms with Crippen molar-refractivity contribution in [2.75, 3.05) is 12.0 Å². The van der Waals surface area contributed by atoms with E-state index in [1.54, 1.807) is 6.07 Å². The molecule has 0 bridgehead atoms. The Morgan fingerprint density at radius 3 is 2.52 bits per heavy atom. The lowest BCUT2D eigenvalue weighted by atomic mass is 10.1. The summed E-state index contributed by atoms with van der Waals surface area (Å²) in [4.78, 5) is 8.72. The fourth-order valence-electron chi connectivity index (χ4n) is 2.21. The molecule has 0 radical (unpaired) electrons. The Bertz CT molecular complexity index is 793. The van der Waals surface area contributed by atoms with Gasteiger partial charge in [-0.1, -0.05) is 54.2 Å². The molecular formula is C18H17N3OS. The number of aromatic nitrogens is 2. The number of nitrogens with two attached hydrogens (primary N) is 1. The first-order chi connectivity index (χ1) is 11.3. The molecule has 0 amide bonds. The molecule has 1 heterocycles. The highest BCUT2D eigenvalue weighted by atomic mass is 32.2. The van der Waals surface area contributed by atoms with Gasteiger partial charge in [-0.3, -0.25) is 0 Å². The van der Waals surface area contributed by atoms with Gasteiger partial charge in [0.15, 0.2) is 5.16 Å². The molecule has 116 valence electrons. The van der Waals surface area contributed by atoms with Gasteiger partial charge in [-0.25, -0.2) is 9.97 Å². The van der Waals surface area contributed by atoms with Crippen molar-refractivity contribution in [1.82, 2.24) is 9.97 Å². The SMILES string of the molecule is CSc1nc(N)cc(-c2ccccc2OCc2ccccc2)n1. The zero-order valence-electron chi connectivity index (χ0n) is 12.8. The van der Waals surface area contributed by atoms with Crippen molar-refractivity contribution in [3.05, 3.63) is 66.2 Å². The third kappa shape index (κ3) is 3.81. The largest absolute Gasteiger partial charge is 0.488 e.